The summed E-state index contributed by atoms with van der Waals surface area (Å²) in [5.41, 5.74) is 3.63. The first kappa shape index (κ1) is 39.4. The van der Waals surface area contributed by atoms with Crippen molar-refractivity contribution >= 4 is 16.9 Å². The van der Waals surface area contributed by atoms with E-state index in [9.17, 15) is 49.1 Å². The molecule has 4 N–H and O–H groups in total. The minimum atomic E-state index is -6.12. The minimum Gasteiger partial charge on any atom is -0.497 e. The smallest absolute Gasteiger partial charge is 0.417 e. The van der Waals surface area contributed by atoms with Crippen molar-refractivity contribution < 1.29 is 62.9 Å². The van der Waals surface area contributed by atoms with Crippen molar-refractivity contribution in [2.45, 2.75) is 76.1 Å². The number of benzene rings is 2. The third-order valence-electron chi connectivity index (χ3n) is 7.93. The maximum absolute atomic E-state index is 14.7. The lowest BCUT2D eigenvalue weighted by Crippen LogP contribution is -2.60. The van der Waals surface area contributed by atoms with E-state index < -0.39 is 93.3 Å². The van der Waals surface area contributed by atoms with Crippen molar-refractivity contribution in [1.29, 1.82) is 0 Å². The quantitative estimate of drug-likeness (QED) is 0.108. The Morgan fingerprint density at radius 3 is 1.88 bits per heavy atom. The van der Waals surface area contributed by atoms with E-state index >= 15 is 0 Å². The predicted octanol–water partition coefficient (Wildman–Crippen LogP) is 7.19. The number of fused-ring (bicyclic) bond motifs is 1. The van der Waals surface area contributed by atoms with Crippen LogP contribution in [0.25, 0.3) is 22.1 Å². The van der Waals surface area contributed by atoms with Crippen molar-refractivity contribution in [3.05, 3.63) is 58.4 Å². The standard InChI is InChI=1S/C32H35F9N2O6/c1-26(2,42)14-28(5,27(3,4)43)25(45)48-16-30(35,36)32(40,41)29(33,34)15-47-19-8-7-17-11-21(24(44)49-23(17)13-19)20-10-9-18(46-6)12-22(20)31(37,38)39/h7-13H,14-16,42-43H2,1-6H3. The zero-order chi connectivity index (χ0) is 37.6. The van der Waals surface area contributed by atoms with Crippen LogP contribution in [0.1, 0.15) is 46.6 Å². The van der Waals surface area contributed by atoms with Crippen LogP contribution < -0.4 is 26.6 Å². The fourth-order valence-corrected chi connectivity index (χ4v) is 4.90. The van der Waals surface area contributed by atoms with Gasteiger partial charge >= 0.3 is 35.5 Å². The highest BCUT2D eigenvalue weighted by Crippen LogP contribution is 2.47. The Morgan fingerprint density at radius 1 is 0.776 bits per heavy atom. The van der Waals surface area contributed by atoms with Crippen LogP contribution in [0.5, 0.6) is 11.5 Å². The van der Waals surface area contributed by atoms with Crippen molar-refractivity contribution in [3.8, 4) is 22.6 Å². The van der Waals surface area contributed by atoms with Crippen molar-refractivity contribution in [3.63, 3.8) is 0 Å². The normalized spacial score (nSPS) is 14.8. The van der Waals surface area contributed by atoms with Crippen LogP contribution in [0.3, 0.4) is 0 Å². The zero-order valence-corrected chi connectivity index (χ0v) is 27.2. The van der Waals surface area contributed by atoms with E-state index in [2.05, 4.69) is 9.47 Å². The third kappa shape index (κ3) is 8.25. The van der Waals surface area contributed by atoms with Crippen LogP contribution >= 0.6 is 0 Å². The third-order valence-corrected chi connectivity index (χ3v) is 7.93. The molecule has 17 heteroatoms. The molecule has 0 aliphatic rings. The Hall–Kier alpha value is -3.99. The summed E-state index contributed by atoms with van der Waals surface area (Å²) in [6.07, 6.45) is -5.14. The number of hydrogen-bond donors (Lipinski definition) is 2. The summed E-state index contributed by atoms with van der Waals surface area (Å²) in [4.78, 5) is 25.5. The van der Waals surface area contributed by atoms with Gasteiger partial charge in [-0.05, 0) is 77.4 Å². The van der Waals surface area contributed by atoms with Gasteiger partial charge in [0.15, 0.2) is 13.2 Å². The summed E-state index contributed by atoms with van der Waals surface area (Å²) in [7, 11) is 1.14. The SMILES string of the molecule is COc1ccc(-c2cc3ccc(OCC(F)(F)C(F)(F)C(F)(F)COC(=O)C(C)(CC(C)(C)N)C(C)(C)N)cc3oc2=O)c(C(F)(F)F)c1. The molecule has 0 saturated carbocycles. The Labute approximate surface area is 274 Å². The number of carbonyl (C=O) groups is 1. The molecule has 2 aromatic carbocycles. The molecule has 0 saturated heterocycles. The number of nitrogens with two attached hydrogens (primary N) is 2. The summed E-state index contributed by atoms with van der Waals surface area (Å²) in [6, 6.07) is 6.58. The van der Waals surface area contributed by atoms with Gasteiger partial charge in [-0.25, -0.2) is 4.79 Å². The number of ether oxygens (including phenoxy) is 3. The second-order valence-electron chi connectivity index (χ2n) is 13.1. The first-order valence-corrected chi connectivity index (χ1v) is 14.4. The van der Waals surface area contributed by atoms with Crippen LogP contribution in [-0.2, 0) is 15.7 Å². The highest BCUT2D eigenvalue weighted by atomic mass is 19.4. The summed E-state index contributed by atoms with van der Waals surface area (Å²) in [5.74, 6) is -19.5. The maximum atomic E-state index is 14.7. The molecule has 0 aliphatic heterocycles. The largest absolute Gasteiger partial charge is 0.497 e. The van der Waals surface area contributed by atoms with Crippen LogP contribution in [0, 0.1) is 5.41 Å². The first-order chi connectivity index (χ1) is 22.1. The maximum Gasteiger partial charge on any atom is 0.417 e. The average Bonchev–Trinajstić information content (AvgIpc) is 2.96. The molecule has 1 heterocycles. The predicted molar refractivity (Wildman–Crippen MR) is 160 cm³/mol. The monoisotopic (exact) mass is 714 g/mol. The molecule has 0 amide bonds. The topological polar surface area (TPSA) is 127 Å². The van der Waals surface area contributed by atoms with Crippen LogP contribution in [-0.4, -0.2) is 55.1 Å². The van der Waals surface area contributed by atoms with Gasteiger partial charge < -0.3 is 30.1 Å². The molecule has 1 atom stereocenters. The average molecular weight is 715 g/mol. The molecule has 3 aromatic rings. The molecule has 8 nitrogen and oxygen atoms in total. The van der Waals surface area contributed by atoms with Gasteiger partial charge in [-0.15, -0.1) is 0 Å². The number of halogens is 9. The molecule has 0 bridgehead atoms. The molecule has 1 unspecified atom stereocenters. The number of carbonyl (C=O) groups excluding carboxylic acids is 1. The van der Waals surface area contributed by atoms with Gasteiger partial charge in [0.05, 0.1) is 23.7 Å². The molecular formula is C32H35F9N2O6. The second-order valence-corrected chi connectivity index (χ2v) is 13.1. The van der Waals surface area contributed by atoms with Crippen LogP contribution in [0.15, 0.2) is 51.7 Å². The van der Waals surface area contributed by atoms with Gasteiger partial charge in [0.25, 0.3) is 0 Å². The lowest BCUT2D eigenvalue weighted by atomic mass is 9.67. The first-order valence-electron chi connectivity index (χ1n) is 14.4. The number of esters is 1. The Morgan fingerprint density at radius 2 is 1.35 bits per heavy atom. The summed E-state index contributed by atoms with van der Waals surface area (Å²) >= 11 is 0. The van der Waals surface area contributed by atoms with Gasteiger partial charge in [0.1, 0.15) is 17.1 Å². The van der Waals surface area contributed by atoms with Crippen molar-refractivity contribution in [2.24, 2.45) is 16.9 Å². The van der Waals surface area contributed by atoms with E-state index in [1.807, 2.05) is 0 Å². The van der Waals surface area contributed by atoms with Gasteiger partial charge in [0, 0.05) is 28.1 Å². The summed E-state index contributed by atoms with van der Waals surface area (Å²) in [6.45, 7) is 2.15. The fraction of sp³-hybridized carbons (Fsp3) is 0.500. The lowest BCUT2D eigenvalue weighted by Gasteiger charge is -2.43. The van der Waals surface area contributed by atoms with E-state index in [1.54, 1.807) is 0 Å². The molecule has 0 radical (unpaired) electrons. The van der Waals surface area contributed by atoms with E-state index in [0.29, 0.717) is 6.07 Å². The van der Waals surface area contributed by atoms with Crippen molar-refractivity contribution in [2.75, 3.05) is 20.3 Å². The summed E-state index contributed by atoms with van der Waals surface area (Å²) < 4.78 is 148. The minimum absolute atomic E-state index is 0.0259. The van der Waals surface area contributed by atoms with E-state index in [0.717, 1.165) is 37.4 Å². The Balaban J connectivity index is 1.82. The van der Waals surface area contributed by atoms with Gasteiger partial charge in [-0.3, -0.25) is 4.79 Å². The fourth-order valence-electron chi connectivity index (χ4n) is 4.90. The number of rotatable bonds is 13. The highest BCUT2D eigenvalue weighted by Gasteiger charge is 2.72. The lowest BCUT2D eigenvalue weighted by molar-refractivity contribution is -0.323. The Kier molecular flexibility index (Phi) is 10.5. The van der Waals surface area contributed by atoms with Crippen LogP contribution in [0.4, 0.5) is 39.5 Å². The second kappa shape index (κ2) is 13.0. The Bertz CT molecular complexity index is 1740. The molecule has 0 spiro atoms. The van der Waals surface area contributed by atoms with Gasteiger partial charge in [-0.1, -0.05) is 0 Å². The highest BCUT2D eigenvalue weighted by molar-refractivity contribution is 5.83. The van der Waals surface area contributed by atoms with Gasteiger partial charge in [-0.2, -0.15) is 39.5 Å². The van der Waals surface area contributed by atoms with Crippen LogP contribution in [0.2, 0.25) is 0 Å². The molecule has 272 valence electrons. The molecule has 0 fully saturated rings. The molecule has 0 aliphatic carbocycles. The molecule has 1 aromatic heterocycles. The van der Waals surface area contributed by atoms with Crippen molar-refractivity contribution in [1.82, 2.24) is 0 Å². The molecule has 3 rings (SSSR count). The van der Waals surface area contributed by atoms with E-state index in [1.165, 1.54) is 40.7 Å². The molecular weight excluding hydrogens is 679 g/mol. The van der Waals surface area contributed by atoms with E-state index in [-0.39, 0.29) is 17.6 Å². The summed E-state index contributed by atoms with van der Waals surface area (Å²) in [5, 5.41) is -0.0259. The van der Waals surface area contributed by atoms with E-state index in [4.69, 9.17) is 20.6 Å². The number of hydrogen-bond acceptors (Lipinski definition) is 8. The van der Waals surface area contributed by atoms with Gasteiger partial charge in [0.2, 0.25) is 0 Å². The number of alkyl halides is 9. The number of methoxy groups -OCH3 is 1. The zero-order valence-electron chi connectivity index (χ0n) is 27.2. The molecule has 49 heavy (non-hydrogen) atoms.